The number of ether oxygens (including phenoxy) is 1. The highest BCUT2D eigenvalue weighted by molar-refractivity contribution is 7.89. The van der Waals surface area contributed by atoms with Gasteiger partial charge >= 0.3 is 0 Å². The molecule has 0 amide bonds. The number of nitro groups is 1. The summed E-state index contributed by atoms with van der Waals surface area (Å²) in [5, 5.41) is 13.6. The van der Waals surface area contributed by atoms with Crippen molar-refractivity contribution in [1.82, 2.24) is 10.0 Å². The van der Waals surface area contributed by atoms with Crippen molar-refractivity contribution in [2.75, 3.05) is 26.7 Å². The van der Waals surface area contributed by atoms with Gasteiger partial charge in [0, 0.05) is 19.2 Å². The number of hydrogen-bond donors (Lipinski definition) is 2. The fraction of sp³-hybridized carbons (Fsp3) is 0.455. The molecule has 0 bridgehead atoms. The second-order valence-electron chi connectivity index (χ2n) is 3.84. The maximum atomic E-state index is 12.1. The first-order valence-electron chi connectivity index (χ1n) is 5.95. The van der Waals surface area contributed by atoms with E-state index in [9.17, 15) is 18.5 Å². The van der Waals surface area contributed by atoms with E-state index in [1.807, 2.05) is 6.92 Å². The van der Waals surface area contributed by atoms with Gasteiger partial charge in [0.2, 0.25) is 10.0 Å². The van der Waals surface area contributed by atoms with Crippen LogP contribution in [0, 0.1) is 10.1 Å². The summed E-state index contributed by atoms with van der Waals surface area (Å²) in [5.41, 5.74) is -0.228. The fourth-order valence-electron chi connectivity index (χ4n) is 1.52. The van der Waals surface area contributed by atoms with Gasteiger partial charge in [-0.05, 0) is 12.6 Å². The molecule has 9 heteroatoms. The molecule has 1 aromatic rings. The van der Waals surface area contributed by atoms with Crippen molar-refractivity contribution in [2.45, 2.75) is 11.8 Å². The Kier molecular flexibility index (Phi) is 5.86. The molecule has 0 fully saturated rings. The third-order valence-electron chi connectivity index (χ3n) is 2.49. The molecule has 112 valence electrons. The third kappa shape index (κ3) is 4.15. The summed E-state index contributed by atoms with van der Waals surface area (Å²) in [5.74, 6) is -0.0600. The van der Waals surface area contributed by atoms with Gasteiger partial charge in [-0.3, -0.25) is 10.1 Å². The first-order valence-corrected chi connectivity index (χ1v) is 7.43. The Balaban J connectivity index is 2.96. The van der Waals surface area contributed by atoms with Gasteiger partial charge < -0.3 is 10.1 Å². The number of sulfonamides is 1. The SMILES string of the molecule is CCNCCNS(=O)(=O)c1ccc([N+](=O)[O-])cc1OC. The van der Waals surface area contributed by atoms with E-state index in [1.54, 1.807) is 0 Å². The molecule has 1 aromatic carbocycles. The average Bonchev–Trinajstić information content (AvgIpc) is 2.42. The van der Waals surface area contributed by atoms with Crippen LogP contribution in [0.3, 0.4) is 0 Å². The van der Waals surface area contributed by atoms with Gasteiger partial charge in [0.05, 0.1) is 18.1 Å². The lowest BCUT2D eigenvalue weighted by Gasteiger charge is -2.10. The van der Waals surface area contributed by atoms with E-state index < -0.39 is 14.9 Å². The number of nitrogens with one attached hydrogen (secondary N) is 2. The summed E-state index contributed by atoms with van der Waals surface area (Å²) in [6, 6.07) is 3.37. The highest BCUT2D eigenvalue weighted by Crippen LogP contribution is 2.27. The van der Waals surface area contributed by atoms with Crippen LogP contribution in [0.15, 0.2) is 23.1 Å². The molecule has 0 unspecified atom stereocenters. The van der Waals surface area contributed by atoms with Crippen molar-refractivity contribution >= 4 is 15.7 Å². The normalized spacial score (nSPS) is 11.3. The molecule has 0 aliphatic rings. The van der Waals surface area contributed by atoms with E-state index in [1.165, 1.54) is 7.11 Å². The van der Waals surface area contributed by atoms with Gasteiger partial charge in [-0.15, -0.1) is 0 Å². The maximum Gasteiger partial charge on any atom is 0.273 e. The molecule has 2 N–H and O–H groups in total. The zero-order valence-corrected chi connectivity index (χ0v) is 12.1. The Morgan fingerprint density at radius 2 is 2.05 bits per heavy atom. The highest BCUT2D eigenvalue weighted by atomic mass is 32.2. The minimum Gasteiger partial charge on any atom is -0.495 e. The van der Waals surface area contributed by atoms with Crippen LogP contribution >= 0.6 is 0 Å². The number of nitro benzene ring substituents is 1. The Morgan fingerprint density at radius 3 is 2.60 bits per heavy atom. The summed E-state index contributed by atoms with van der Waals surface area (Å²) in [6.45, 7) is 3.36. The van der Waals surface area contributed by atoms with Gasteiger partial charge in [-0.25, -0.2) is 13.1 Å². The summed E-state index contributed by atoms with van der Waals surface area (Å²) in [6.07, 6.45) is 0. The van der Waals surface area contributed by atoms with Gasteiger partial charge in [-0.1, -0.05) is 6.92 Å². The Hall–Kier alpha value is -1.71. The van der Waals surface area contributed by atoms with E-state index in [0.717, 1.165) is 24.7 Å². The molecule has 1 rings (SSSR count). The fourth-order valence-corrected chi connectivity index (χ4v) is 2.70. The van der Waals surface area contributed by atoms with Crippen LogP contribution in [-0.4, -0.2) is 40.1 Å². The number of likely N-dealkylation sites (N-methyl/N-ethyl adjacent to an activating group) is 1. The first kappa shape index (κ1) is 16.3. The highest BCUT2D eigenvalue weighted by Gasteiger charge is 2.21. The van der Waals surface area contributed by atoms with Crippen molar-refractivity contribution in [3.63, 3.8) is 0 Å². The van der Waals surface area contributed by atoms with E-state index in [0.29, 0.717) is 6.54 Å². The minimum absolute atomic E-state index is 0.0600. The standard InChI is InChI=1S/C11H17N3O5S/c1-3-12-6-7-13-20(17,18)11-5-4-9(14(15)16)8-10(11)19-2/h4-5,8,12-13H,3,6-7H2,1-2H3. The zero-order valence-electron chi connectivity index (χ0n) is 11.3. The second kappa shape index (κ2) is 7.17. The van der Waals surface area contributed by atoms with Crippen molar-refractivity contribution in [1.29, 1.82) is 0 Å². The molecule has 0 spiro atoms. The second-order valence-corrected chi connectivity index (χ2v) is 5.58. The number of non-ortho nitro benzene ring substituents is 1. The average molecular weight is 303 g/mol. The molecule has 8 nitrogen and oxygen atoms in total. The van der Waals surface area contributed by atoms with Crippen molar-refractivity contribution < 1.29 is 18.1 Å². The maximum absolute atomic E-state index is 12.1. The van der Waals surface area contributed by atoms with E-state index in [-0.39, 0.29) is 22.9 Å². The van der Waals surface area contributed by atoms with Crippen LogP contribution < -0.4 is 14.8 Å². The van der Waals surface area contributed by atoms with Crippen molar-refractivity contribution in [3.8, 4) is 5.75 Å². The molecule has 0 atom stereocenters. The van der Waals surface area contributed by atoms with E-state index >= 15 is 0 Å². The van der Waals surface area contributed by atoms with E-state index in [2.05, 4.69) is 10.0 Å². The number of rotatable bonds is 8. The van der Waals surface area contributed by atoms with Crippen molar-refractivity contribution in [3.05, 3.63) is 28.3 Å². The van der Waals surface area contributed by atoms with Gasteiger partial charge in [0.1, 0.15) is 10.6 Å². The lowest BCUT2D eigenvalue weighted by molar-refractivity contribution is -0.385. The lowest BCUT2D eigenvalue weighted by Crippen LogP contribution is -2.32. The zero-order chi connectivity index (χ0) is 15.2. The smallest absolute Gasteiger partial charge is 0.273 e. The molecule has 0 aromatic heterocycles. The van der Waals surface area contributed by atoms with Crippen LogP contribution in [0.4, 0.5) is 5.69 Å². The summed E-state index contributed by atoms with van der Waals surface area (Å²) < 4.78 is 31.4. The quantitative estimate of drug-likeness (QED) is 0.411. The topological polar surface area (TPSA) is 111 Å². The summed E-state index contributed by atoms with van der Waals surface area (Å²) in [7, 11) is -2.50. The minimum atomic E-state index is -3.76. The predicted molar refractivity (Wildman–Crippen MR) is 73.4 cm³/mol. The molecular formula is C11H17N3O5S. The number of nitrogens with zero attached hydrogens (tertiary/aromatic N) is 1. The summed E-state index contributed by atoms with van der Waals surface area (Å²) in [4.78, 5) is 9.91. The molecule has 0 radical (unpaired) electrons. The molecule has 0 aliphatic heterocycles. The van der Waals surface area contributed by atoms with Gasteiger partial charge in [0.25, 0.3) is 5.69 Å². The molecule has 20 heavy (non-hydrogen) atoms. The van der Waals surface area contributed by atoms with Crippen molar-refractivity contribution in [2.24, 2.45) is 0 Å². The molecule has 0 heterocycles. The van der Waals surface area contributed by atoms with Crippen LogP contribution in [-0.2, 0) is 10.0 Å². The summed E-state index contributed by atoms with van der Waals surface area (Å²) >= 11 is 0. The van der Waals surface area contributed by atoms with Gasteiger partial charge in [-0.2, -0.15) is 0 Å². The Morgan fingerprint density at radius 1 is 1.35 bits per heavy atom. The third-order valence-corrected chi connectivity index (χ3v) is 3.99. The molecule has 0 saturated heterocycles. The van der Waals surface area contributed by atoms with Crippen LogP contribution in [0.5, 0.6) is 5.75 Å². The van der Waals surface area contributed by atoms with Crippen LogP contribution in [0.2, 0.25) is 0 Å². The monoisotopic (exact) mass is 303 g/mol. The Labute approximate surface area is 117 Å². The lowest BCUT2D eigenvalue weighted by atomic mass is 10.3. The van der Waals surface area contributed by atoms with Gasteiger partial charge in [0.15, 0.2) is 0 Å². The Bertz CT molecular complexity index is 573. The predicted octanol–water partition coefficient (Wildman–Crippen LogP) is 0.491. The molecule has 0 aliphatic carbocycles. The first-order chi connectivity index (χ1) is 9.42. The van der Waals surface area contributed by atoms with E-state index in [4.69, 9.17) is 4.74 Å². The number of methoxy groups -OCH3 is 1. The van der Waals surface area contributed by atoms with Crippen LogP contribution in [0.25, 0.3) is 0 Å². The largest absolute Gasteiger partial charge is 0.495 e. The molecule has 0 saturated carbocycles. The van der Waals surface area contributed by atoms with Crippen LogP contribution in [0.1, 0.15) is 6.92 Å². The molecular weight excluding hydrogens is 286 g/mol. The number of hydrogen-bond acceptors (Lipinski definition) is 6. The number of benzene rings is 1.